The molecule has 0 aliphatic heterocycles. The lowest BCUT2D eigenvalue weighted by molar-refractivity contribution is -0.137. The summed E-state index contributed by atoms with van der Waals surface area (Å²) in [4.78, 5) is 10.6. The summed E-state index contributed by atoms with van der Waals surface area (Å²) in [6, 6.07) is 4.27. The second-order valence-corrected chi connectivity index (χ2v) is 2.76. The Labute approximate surface area is 105 Å². The molecule has 0 unspecified atom stereocenters. The molecule has 1 amide bonds. The van der Waals surface area contributed by atoms with Gasteiger partial charge in [0, 0.05) is 12.6 Å². The van der Waals surface area contributed by atoms with E-state index < -0.39 is 11.7 Å². The Morgan fingerprint density at radius 2 is 1.50 bits per heavy atom. The molecule has 0 fully saturated rings. The highest BCUT2D eigenvalue weighted by Gasteiger charge is 2.29. The van der Waals surface area contributed by atoms with Gasteiger partial charge in [0.15, 0.2) is 0 Å². The molecule has 1 rings (SSSR count). The first-order valence-electron chi connectivity index (χ1n) is 5.42. The number of carbonyl (C=O) groups excluding carboxylic acids is 1. The van der Waals surface area contributed by atoms with Gasteiger partial charge in [0.2, 0.25) is 5.91 Å². The lowest BCUT2D eigenvalue weighted by atomic mass is 10.2. The minimum atomic E-state index is -4.34. The number of nitrogens with two attached hydrogens (primary N) is 1. The molecule has 3 nitrogen and oxygen atoms in total. The van der Waals surface area contributed by atoms with E-state index in [-0.39, 0.29) is 5.91 Å². The van der Waals surface area contributed by atoms with Crippen molar-refractivity contribution in [1.29, 1.82) is 0 Å². The quantitative estimate of drug-likeness (QED) is 0.818. The number of carbonyl (C=O) groups is 1. The zero-order chi connectivity index (χ0) is 14.8. The van der Waals surface area contributed by atoms with Crippen molar-refractivity contribution in [2.75, 3.05) is 12.4 Å². The molecular weight excluding hydrogens is 245 g/mol. The van der Waals surface area contributed by atoms with Gasteiger partial charge in [-0.05, 0) is 31.3 Å². The number of amides is 1. The van der Waals surface area contributed by atoms with Crippen molar-refractivity contribution >= 4 is 11.6 Å². The predicted octanol–water partition coefficient (Wildman–Crippen LogP) is 3.26. The maximum absolute atomic E-state index is 12.1. The molecule has 0 spiro atoms. The fraction of sp³-hybridized carbons (Fsp3) is 0.417. The Bertz CT molecular complexity index is 334. The van der Waals surface area contributed by atoms with Crippen LogP contribution in [0.4, 0.5) is 18.9 Å². The highest BCUT2D eigenvalue weighted by atomic mass is 19.4. The molecule has 0 bridgehead atoms. The Hall–Kier alpha value is -1.56. The largest absolute Gasteiger partial charge is 0.416 e. The second kappa shape index (κ2) is 9.47. The molecule has 0 saturated carbocycles. The summed E-state index contributed by atoms with van der Waals surface area (Å²) >= 11 is 0. The molecule has 0 aliphatic carbocycles. The van der Waals surface area contributed by atoms with Crippen LogP contribution in [-0.2, 0) is 11.0 Å². The molecule has 0 radical (unpaired) electrons. The van der Waals surface area contributed by atoms with Crippen molar-refractivity contribution in [3.05, 3.63) is 29.8 Å². The summed E-state index contributed by atoms with van der Waals surface area (Å²) in [6.07, 6.45) is -4.34. The Balaban J connectivity index is 0. The average molecular weight is 264 g/mol. The summed E-state index contributed by atoms with van der Waals surface area (Å²) in [7, 11) is 1.50. The molecule has 0 aromatic heterocycles. The molecule has 1 aromatic rings. The van der Waals surface area contributed by atoms with Gasteiger partial charge in [0.25, 0.3) is 0 Å². The summed E-state index contributed by atoms with van der Waals surface area (Å²) in [5, 5.41) is 2.38. The van der Waals surface area contributed by atoms with E-state index in [0.29, 0.717) is 5.69 Å². The van der Waals surface area contributed by atoms with Crippen LogP contribution in [0.15, 0.2) is 24.3 Å². The van der Waals surface area contributed by atoms with Gasteiger partial charge in [-0.2, -0.15) is 13.2 Å². The third kappa shape index (κ3) is 7.67. The van der Waals surface area contributed by atoms with E-state index in [1.807, 2.05) is 13.8 Å². The normalized spacial score (nSPS) is 9.33. The smallest absolute Gasteiger partial charge is 0.333 e. The number of halogens is 3. The van der Waals surface area contributed by atoms with Crippen molar-refractivity contribution in [2.45, 2.75) is 26.9 Å². The van der Waals surface area contributed by atoms with Gasteiger partial charge in [-0.3, -0.25) is 4.79 Å². The van der Waals surface area contributed by atoms with Crippen LogP contribution in [0, 0.1) is 0 Å². The molecular formula is C12H19F3N2O. The molecule has 3 N–H and O–H groups in total. The number of benzene rings is 1. The summed E-state index contributed by atoms with van der Waals surface area (Å²) in [6.45, 7) is 5.29. The summed E-state index contributed by atoms with van der Waals surface area (Å²) in [5.74, 6) is -0.315. The molecule has 6 heteroatoms. The van der Waals surface area contributed by atoms with Gasteiger partial charge < -0.3 is 11.1 Å². The van der Waals surface area contributed by atoms with Crippen molar-refractivity contribution in [3.63, 3.8) is 0 Å². The molecule has 0 heterocycles. The molecule has 0 saturated heterocycles. The number of nitrogens with one attached hydrogen (secondary N) is 1. The van der Waals surface area contributed by atoms with Crippen LogP contribution in [-0.4, -0.2) is 13.0 Å². The summed E-state index contributed by atoms with van der Waals surface area (Å²) in [5.41, 5.74) is 4.12. The first kappa shape index (κ1) is 18.8. The average Bonchev–Trinajstić information content (AvgIpc) is 2.33. The second-order valence-electron chi connectivity index (χ2n) is 2.76. The molecule has 0 aliphatic rings. The van der Waals surface area contributed by atoms with Crippen LogP contribution >= 0.6 is 0 Å². The maximum Gasteiger partial charge on any atom is 0.416 e. The third-order valence-corrected chi connectivity index (χ3v) is 1.53. The van der Waals surface area contributed by atoms with Crippen molar-refractivity contribution in [2.24, 2.45) is 5.73 Å². The van der Waals surface area contributed by atoms with Gasteiger partial charge in [-0.1, -0.05) is 13.8 Å². The molecule has 104 valence electrons. The van der Waals surface area contributed by atoms with Crippen LogP contribution in [0.2, 0.25) is 0 Å². The highest BCUT2D eigenvalue weighted by molar-refractivity contribution is 5.88. The van der Waals surface area contributed by atoms with E-state index in [2.05, 4.69) is 11.1 Å². The van der Waals surface area contributed by atoms with Crippen molar-refractivity contribution < 1.29 is 18.0 Å². The fourth-order valence-corrected chi connectivity index (χ4v) is 0.946. The number of hydrogen-bond donors (Lipinski definition) is 2. The van der Waals surface area contributed by atoms with Crippen LogP contribution in [0.1, 0.15) is 26.3 Å². The Morgan fingerprint density at radius 1 is 1.11 bits per heavy atom. The van der Waals surface area contributed by atoms with Gasteiger partial charge >= 0.3 is 6.18 Å². The van der Waals surface area contributed by atoms with Crippen LogP contribution in [0.5, 0.6) is 0 Å². The maximum atomic E-state index is 12.1. The van der Waals surface area contributed by atoms with E-state index in [1.165, 1.54) is 26.1 Å². The van der Waals surface area contributed by atoms with E-state index in [0.717, 1.165) is 12.1 Å². The number of rotatable bonds is 1. The van der Waals surface area contributed by atoms with Gasteiger partial charge in [-0.25, -0.2) is 0 Å². The van der Waals surface area contributed by atoms with Crippen molar-refractivity contribution in [1.82, 2.24) is 0 Å². The van der Waals surface area contributed by atoms with Gasteiger partial charge in [-0.15, -0.1) is 0 Å². The minimum Gasteiger partial charge on any atom is -0.333 e. The molecule has 18 heavy (non-hydrogen) atoms. The summed E-state index contributed by atoms with van der Waals surface area (Å²) < 4.78 is 36.3. The minimum absolute atomic E-state index is 0.315. The first-order valence-corrected chi connectivity index (χ1v) is 5.42. The third-order valence-electron chi connectivity index (χ3n) is 1.53. The highest BCUT2D eigenvalue weighted by Crippen LogP contribution is 2.29. The van der Waals surface area contributed by atoms with E-state index in [1.54, 1.807) is 0 Å². The van der Waals surface area contributed by atoms with E-state index in [9.17, 15) is 18.0 Å². The van der Waals surface area contributed by atoms with Crippen LogP contribution < -0.4 is 11.1 Å². The monoisotopic (exact) mass is 264 g/mol. The molecule has 0 atom stereocenters. The lowest BCUT2D eigenvalue weighted by Gasteiger charge is -2.07. The fourth-order valence-electron chi connectivity index (χ4n) is 0.946. The standard InChI is InChI=1S/C9H8F3NO.C2H6.CH5N/c1-6(14)13-8-4-2-7(3-5-8)9(10,11)12;2*1-2/h2-5H,1H3,(H,13,14);1-2H3;2H2,1H3. The van der Waals surface area contributed by atoms with E-state index in [4.69, 9.17) is 0 Å². The Kier molecular flexibility index (Phi) is 9.89. The van der Waals surface area contributed by atoms with Gasteiger partial charge in [0.05, 0.1) is 5.56 Å². The Morgan fingerprint density at radius 3 is 1.78 bits per heavy atom. The van der Waals surface area contributed by atoms with Crippen LogP contribution in [0.25, 0.3) is 0 Å². The zero-order valence-electron chi connectivity index (χ0n) is 10.9. The number of anilines is 1. The zero-order valence-corrected chi connectivity index (χ0v) is 10.9. The lowest BCUT2D eigenvalue weighted by Crippen LogP contribution is -2.07. The van der Waals surface area contributed by atoms with E-state index >= 15 is 0 Å². The number of alkyl halides is 3. The predicted molar refractivity (Wildman–Crippen MR) is 67.2 cm³/mol. The molecule has 1 aromatic carbocycles. The van der Waals surface area contributed by atoms with Crippen molar-refractivity contribution in [3.8, 4) is 0 Å². The van der Waals surface area contributed by atoms with Crippen LogP contribution in [0.3, 0.4) is 0 Å². The topological polar surface area (TPSA) is 55.1 Å². The SMILES string of the molecule is CC.CC(=O)Nc1ccc(C(F)(F)F)cc1.CN. The van der Waals surface area contributed by atoms with Gasteiger partial charge in [0.1, 0.15) is 0 Å². The first-order chi connectivity index (χ1) is 8.39. The number of hydrogen-bond acceptors (Lipinski definition) is 2.